The summed E-state index contributed by atoms with van der Waals surface area (Å²) in [5.41, 5.74) is 2.10. The minimum Gasteiger partial charge on any atom is -0.496 e. The summed E-state index contributed by atoms with van der Waals surface area (Å²) in [7, 11) is 1.67. The lowest BCUT2D eigenvalue weighted by molar-refractivity contribution is 0.410. The van der Waals surface area contributed by atoms with Gasteiger partial charge < -0.3 is 19.9 Å². The monoisotopic (exact) mass is 393 g/mol. The van der Waals surface area contributed by atoms with Crippen LogP contribution in [0.25, 0.3) is 0 Å². The normalized spacial score (nSPS) is 14.0. The molecule has 0 atom stereocenters. The molecule has 6 nitrogen and oxygen atoms in total. The molecule has 0 saturated carbocycles. The van der Waals surface area contributed by atoms with Crippen molar-refractivity contribution in [1.29, 1.82) is 0 Å². The fourth-order valence-corrected chi connectivity index (χ4v) is 3.48. The van der Waals surface area contributed by atoms with Crippen LogP contribution in [-0.2, 0) is 6.54 Å². The summed E-state index contributed by atoms with van der Waals surface area (Å²) in [6.07, 6.45) is 1.78. The molecule has 2 heterocycles. The van der Waals surface area contributed by atoms with Gasteiger partial charge in [-0.25, -0.2) is 9.37 Å². The van der Waals surface area contributed by atoms with Gasteiger partial charge in [0.2, 0.25) is 5.95 Å². The Hall–Kier alpha value is -3.35. The van der Waals surface area contributed by atoms with Crippen LogP contribution in [0.4, 0.5) is 21.8 Å². The molecule has 1 aliphatic rings. The zero-order valence-corrected chi connectivity index (χ0v) is 16.4. The summed E-state index contributed by atoms with van der Waals surface area (Å²) >= 11 is 0. The van der Waals surface area contributed by atoms with Crippen molar-refractivity contribution in [1.82, 2.24) is 9.97 Å². The first-order valence-electron chi connectivity index (χ1n) is 9.67. The zero-order valence-electron chi connectivity index (χ0n) is 16.4. The molecule has 1 aromatic heterocycles. The van der Waals surface area contributed by atoms with Crippen LogP contribution >= 0.6 is 0 Å². The van der Waals surface area contributed by atoms with E-state index in [2.05, 4.69) is 25.1 Å². The maximum Gasteiger partial charge on any atom is 0.224 e. The van der Waals surface area contributed by atoms with E-state index in [1.807, 2.05) is 42.5 Å². The van der Waals surface area contributed by atoms with Gasteiger partial charge in [0.15, 0.2) is 0 Å². The van der Waals surface area contributed by atoms with E-state index in [0.29, 0.717) is 12.5 Å². The summed E-state index contributed by atoms with van der Waals surface area (Å²) < 4.78 is 18.5. The molecule has 1 N–H and O–H groups in total. The number of methoxy groups -OCH3 is 1. The third-order valence-corrected chi connectivity index (χ3v) is 5.07. The number of ether oxygens (including phenoxy) is 1. The molecule has 0 aliphatic carbocycles. The Balaban J connectivity index is 1.37. The Morgan fingerprint density at radius 1 is 0.966 bits per heavy atom. The number of anilines is 3. The number of halogens is 1. The van der Waals surface area contributed by atoms with Crippen LogP contribution in [0.1, 0.15) is 5.56 Å². The van der Waals surface area contributed by atoms with Crippen molar-refractivity contribution in [3.63, 3.8) is 0 Å². The lowest BCUT2D eigenvalue weighted by atomic mass is 10.2. The molecule has 1 fully saturated rings. The van der Waals surface area contributed by atoms with E-state index in [0.717, 1.165) is 49.0 Å². The fraction of sp³-hybridized carbons (Fsp3) is 0.273. The van der Waals surface area contributed by atoms with Crippen molar-refractivity contribution in [3.8, 4) is 5.75 Å². The smallest absolute Gasteiger partial charge is 0.224 e. The number of hydrogen-bond acceptors (Lipinski definition) is 6. The van der Waals surface area contributed by atoms with Crippen molar-refractivity contribution in [2.24, 2.45) is 0 Å². The van der Waals surface area contributed by atoms with Crippen molar-refractivity contribution >= 4 is 17.5 Å². The standard InChI is InChI=1S/C22H24FN5O/c1-29-20-5-3-2-4-17(20)16-25-22-24-11-10-21(26-22)28-14-12-27(13-15-28)19-8-6-18(23)7-9-19/h2-11H,12-16H2,1H3,(H,24,25,26). The van der Waals surface area contributed by atoms with Crippen LogP contribution < -0.4 is 19.9 Å². The van der Waals surface area contributed by atoms with E-state index in [-0.39, 0.29) is 5.82 Å². The quantitative estimate of drug-likeness (QED) is 0.691. The number of para-hydroxylation sites is 1. The van der Waals surface area contributed by atoms with E-state index in [1.165, 1.54) is 12.1 Å². The summed E-state index contributed by atoms with van der Waals surface area (Å²) in [5, 5.41) is 3.28. The molecule has 4 rings (SSSR count). The second kappa shape index (κ2) is 8.77. The molecule has 1 aliphatic heterocycles. The predicted molar refractivity (Wildman–Crippen MR) is 113 cm³/mol. The number of rotatable bonds is 6. The first kappa shape index (κ1) is 19.0. The average Bonchev–Trinajstić information content (AvgIpc) is 2.79. The SMILES string of the molecule is COc1ccccc1CNc1nccc(N2CCN(c3ccc(F)cc3)CC2)n1. The highest BCUT2D eigenvalue weighted by atomic mass is 19.1. The van der Waals surface area contributed by atoms with E-state index in [1.54, 1.807) is 13.3 Å². The number of benzene rings is 2. The molecule has 2 aromatic carbocycles. The minimum atomic E-state index is -0.207. The van der Waals surface area contributed by atoms with Crippen molar-refractivity contribution in [2.75, 3.05) is 48.4 Å². The number of nitrogens with one attached hydrogen (secondary N) is 1. The van der Waals surface area contributed by atoms with E-state index < -0.39 is 0 Å². The van der Waals surface area contributed by atoms with Gasteiger partial charge in [0.1, 0.15) is 17.4 Å². The third kappa shape index (κ3) is 4.56. The van der Waals surface area contributed by atoms with Crippen LogP contribution in [-0.4, -0.2) is 43.3 Å². The first-order valence-corrected chi connectivity index (χ1v) is 9.67. The van der Waals surface area contributed by atoms with Crippen LogP contribution in [0, 0.1) is 5.82 Å². The van der Waals surface area contributed by atoms with E-state index in [4.69, 9.17) is 4.74 Å². The van der Waals surface area contributed by atoms with Gasteiger partial charge in [-0.05, 0) is 36.4 Å². The van der Waals surface area contributed by atoms with Gasteiger partial charge in [0.05, 0.1) is 7.11 Å². The first-order chi connectivity index (χ1) is 14.2. The number of nitrogens with zero attached hydrogens (tertiary/aromatic N) is 4. The lowest BCUT2D eigenvalue weighted by Gasteiger charge is -2.36. The second-order valence-corrected chi connectivity index (χ2v) is 6.85. The van der Waals surface area contributed by atoms with Crippen LogP contribution in [0.3, 0.4) is 0 Å². The Morgan fingerprint density at radius 3 is 2.45 bits per heavy atom. The Labute approximate surface area is 170 Å². The molecule has 7 heteroatoms. The van der Waals surface area contributed by atoms with Gasteiger partial charge in [-0.1, -0.05) is 18.2 Å². The molecule has 0 amide bonds. The molecule has 0 bridgehead atoms. The topological polar surface area (TPSA) is 53.5 Å². The average molecular weight is 393 g/mol. The van der Waals surface area contributed by atoms with Crippen LogP contribution in [0.5, 0.6) is 5.75 Å². The Bertz CT molecular complexity index is 942. The highest BCUT2D eigenvalue weighted by molar-refractivity contribution is 5.50. The maximum absolute atomic E-state index is 13.1. The zero-order chi connectivity index (χ0) is 20.1. The molecular formula is C22H24FN5O. The summed E-state index contributed by atoms with van der Waals surface area (Å²) in [5.74, 6) is 2.13. The van der Waals surface area contributed by atoms with Gasteiger partial charge in [-0.2, -0.15) is 4.98 Å². The van der Waals surface area contributed by atoms with Crippen molar-refractivity contribution < 1.29 is 9.13 Å². The van der Waals surface area contributed by atoms with Gasteiger partial charge >= 0.3 is 0 Å². The summed E-state index contributed by atoms with van der Waals surface area (Å²) in [6.45, 7) is 4.01. The lowest BCUT2D eigenvalue weighted by Crippen LogP contribution is -2.46. The van der Waals surface area contributed by atoms with Gasteiger partial charge in [-0.3, -0.25) is 0 Å². The maximum atomic E-state index is 13.1. The second-order valence-electron chi connectivity index (χ2n) is 6.85. The Kier molecular flexibility index (Phi) is 5.74. The molecule has 150 valence electrons. The number of piperazine rings is 1. The molecule has 0 unspecified atom stereocenters. The van der Waals surface area contributed by atoms with Gasteiger partial charge in [-0.15, -0.1) is 0 Å². The highest BCUT2D eigenvalue weighted by Gasteiger charge is 2.19. The number of hydrogen-bond donors (Lipinski definition) is 1. The predicted octanol–water partition coefficient (Wildman–Crippen LogP) is 3.56. The largest absolute Gasteiger partial charge is 0.496 e. The number of aromatic nitrogens is 2. The van der Waals surface area contributed by atoms with Crippen molar-refractivity contribution in [2.45, 2.75) is 6.54 Å². The Morgan fingerprint density at radius 2 is 1.69 bits per heavy atom. The summed E-state index contributed by atoms with van der Waals surface area (Å²) in [6, 6.07) is 16.5. The van der Waals surface area contributed by atoms with Crippen LogP contribution in [0.15, 0.2) is 60.8 Å². The van der Waals surface area contributed by atoms with Crippen LogP contribution in [0.2, 0.25) is 0 Å². The molecular weight excluding hydrogens is 369 g/mol. The van der Waals surface area contributed by atoms with Gasteiger partial charge in [0.25, 0.3) is 0 Å². The van der Waals surface area contributed by atoms with E-state index in [9.17, 15) is 4.39 Å². The fourth-order valence-electron chi connectivity index (χ4n) is 3.48. The molecule has 0 spiro atoms. The molecule has 3 aromatic rings. The molecule has 1 saturated heterocycles. The van der Waals surface area contributed by atoms with Crippen molar-refractivity contribution in [3.05, 3.63) is 72.2 Å². The van der Waals surface area contributed by atoms with E-state index >= 15 is 0 Å². The third-order valence-electron chi connectivity index (χ3n) is 5.07. The highest BCUT2D eigenvalue weighted by Crippen LogP contribution is 2.21. The van der Waals surface area contributed by atoms with Gasteiger partial charge in [0, 0.05) is 50.2 Å². The molecule has 0 radical (unpaired) electrons. The molecule has 29 heavy (non-hydrogen) atoms. The summed E-state index contributed by atoms with van der Waals surface area (Å²) in [4.78, 5) is 13.5. The minimum absolute atomic E-state index is 0.207.